The number of thiol groups is 1. The minimum absolute atomic E-state index is 0.0243. The van der Waals surface area contributed by atoms with E-state index >= 15 is 0 Å². The number of carboxylic acid groups (broad SMARTS) is 2. The Kier molecular flexibility index (Phi) is 12.0. The smallest absolute Gasteiger partial charge is 0.326 e. The van der Waals surface area contributed by atoms with Gasteiger partial charge in [-0.2, -0.15) is 12.6 Å². The number of hydrogen-bond donors (Lipinski definition) is 8. The van der Waals surface area contributed by atoms with Gasteiger partial charge in [0.1, 0.15) is 24.2 Å². The van der Waals surface area contributed by atoms with Crippen molar-refractivity contribution in [3.63, 3.8) is 0 Å². The van der Waals surface area contributed by atoms with Crippen molar-refractivity contribution in [3.05, 3.63) is 0 Å². The van der Waals surface area contributed by atoms with Gasteiger partial charge in [-0.25, -0.2) is 4.79 Å². The summed E-state index contributed by atoms with van der Waals surface area (Å²) in [5.74, 6) is -5.68. The SMILES string of the molecule is CC(C)CC(NC(=O)C(CS)NC(=O)C(CC(=O)O)NC(=O)C(N)C(C)O)C(=O)O. The second-order valence-corrected chi connectivity index (χ2v) is 7.56. The number of carbonyl (C=O) groups excluding carboxylic acids is 3. The number of nitrogens with two attached hydrogens (primary N) is 1. The molecule has 8 N–H and O–H groups in total. The Balaban J connectivity index is 5.27. The summed E-state index contributed by atoms with van der Waals surface area (Å²) >= 11 is 3.96. The number of aliphatic carboxylic acids is 2. The van der Waals surface area contributed by atoms with Crippen molar-refractivity contribution in [2.75, 3.05) is 5.75 Å². The van der Waals surface area contributed by atoms with Crippen molar-refractivity contribution in [1.82, 2.24) is 16.0 Å². The van der Waals surface area contributed by atoms with Gasteiger partial charge in [0.05, 0.1) is 12.5 Å². The molecule has 0 aliphatic heterocycles. The molecule has 172 valence electrons. The van der Waals surface area contributed by atoms with Crippen LogP contribution in [-0.2, 0) is 24.0 Å². The standard InChI is InChI=1S/C17H30N4O8S/c1-7(2)4-10(17(28)29)20-15(26)11(6-30)21-14(25)9(5-12(23)24)19-16(27)13(18)8(3)22/h7-11,13,22,30H,4-6,18H2,1-3H3,(H,19,27)(H,20,26)(H,21,25)(H,23,24)(H,28,29). The summed E-state index contributed by atoms with van der Waals surface area (Å²) in [4.78, 5) is 59.1. The molecule has 0 aromatic heterocycles. The van der Waals surface area contributed by atoms with Gasteiger partial charge >= 0.3 is 11.9 Å². The number of carboxylic acids is 2. The molecule has 0 heterocycles. The number of amides is 3. The third-order valence-electron chi connectivity index (χ3n) is 3.97. The summed E-state index contributed by atoms with van der Waals surface area (Å²) in [5.41, 5.74) is 5.46. The lowest BCUT2D eigenvalue weighted by Gasteiger charge is -2.24. The van der Waals surface area contributed by atoms with Gasteiger partial charge in [-0.05, 0) is 19.3 Å². The van der Waals surface area contributed by atoms with E-state index in [4.69, 9.17) is 10.8 Å². The molecule has 0 saturated carbocycles. The van der Waals surface area contributed by atoms with Crippen LogP contribution in [0.25, 0.3) is 0 Å². The van der Waals surface area contributed by atoms with E-state index in [1.54, 1.807) is 13.8 Å². The number of hydrogen-bond acceptors (Lipinski definition) is 8. The van der Waals surface area contributed by atoms with Crippen LogP contribution in [0.4, 0.5) is 0 Å². The van der Waals surface area contributed by atoms with Crippen molar-refractivity contribution in [2.45, 2.75) is 63.9 Å². The van der Waals surface area contributed by atoms with E-state index < -0.39 is 66.4 Å². The maximum atomic E-state index is 12.5. The van der Waals surface area contributed by atoms with Crippen molar-refractivity contribution in [2.24, 2.45) is 11.7 Å². The third kappa shape index (κ3) is 9.89. The number of aliphatic hydroxyl groups excluding tert-OH is 1. The second kappa shape index (κ2) is 13.0. The van der Waals surface area contributed by atoms with Crippen molar-refractivity contribution in [3.8, 4) is 0 Å². The lowest BCUT2D eigenvalue weighted by atomic mass is 10.0. The van der Waals surface area contributed by atoms with E-state index in [1.165, 1.54) is 6.92 Å². The van der Waals surface area contributed by atoms with E-state index in [1.807, 2.05) is 0 Å². The van der Waals surface area contributed by atoms with Crippen LogP contribution in [0.5, 0.6) is 0 Å². The van der Waals surface area contributed by atoms with Crippen LogP contribution in [-0.4, -0.2) is 81.0 Å². The normalized spacial score (nSPS) is 16.0. The first-order valence-corrected chi connectivity index (χ1v) is 9.83. The summed E-state index contributed by atoms with van der Waals surface area (Å²) in [6.07, 6.45) is -1.90. The van der Waals surface area contributed by atoms with Crippen LogP contribution in [0.2, 0.25) is 0 Å². The highest BCUT2D eigenvalue weighted by molar-refractivity contribution is 7.80. The van der Waals surface area contributed by atoms with E-state index in [-0.39, 0.29) is 18.1 Å². The topological polar surface area (TPSA) is 208 Å². The first-order chi connectivity index (χ1) is 13.8. The van der Waals surface area contributed by atoms with Crippen LogP contribution < -0.4 is 21.7 Å². The molecule has 3 amide bonds. The second-order valence-electron chi connectivity index (χ2n) is 7.20. The van der Waals surface area contributed by atoms with Gasteiger partial charge in [-0.3, -0.25) is 19.2 Å². The zero-order valence-electron chi connectivity index (χ0n) is 17.0. The molecule has 5 atom stereocenters. The molecule has 0 fully saturated rings. The van der Waals surface area contributed by atoms with Gasteiger partial charge in [0.25, 0.3) is 0 Å². The van der Waals surface area contributed by atoms with E-state index in [2.05, 4.69) is 28.6 Å². The molecule has 13 heteroatoms. The fourth-order valence-corrected chi connectivity index (χ4v) is 2.56. The summed E-state index contributed by atoms with van der Waals surface area (Å²) in [7, 11) is 0. The molecule has 0 bridgehead atoms. The predicted molar refractivity (Wildman–Crippen MR) is 109 cm³/mol. The summed E-state index contributed by atoms with van der Waals surface area (Å²) in [6, 6.07) is -5.45. The van der Waals surface area contributed by atoms with Crippen LogP contribution >= 0.6 is 12.6 Å². The molecular weight excluding hydrogens is 420 g/mol. The van der Waals surface area contributed by atoms with Gasteiger partial charge < -0.3 is 37.0 Å². The molecule has 0 spiro atoms. The molecule has 0 radical (unpaired) electrons. The van der Waals surface area contributed by atoms with Gasteiger partial charge in [-0.15, -0.1) is 0 Å². The minimum Gasteiger partial charge on any atom is -0.481 e. The first kappa shape index (κ1) is 27.6. The van der Waals surface area contributed by atoms with E-state index in [9.17, 15) is 34.2 Å². The molecule has 0 aliphatic rings. The van der Waals surface area contributed by atoms with Crippen molar-refractivity contribution in [1.29, 1.82) is 0 Å². The molecule has 12 nitrogen and oxygen atoms in total. The maximum Gasteiger partial charge on any atom is 0.326 e. The van der Waals surface area contributed by atoms with Crippen molar-refractivity contribution >= 4 is 42.3 Å². The highest BCUT2D eigenvalue weighted by atomic mass is 32.1. The number of aliphatic hydroxyl groups is 1. The fraction of sp³-hybridized carbons (Fsp3) is 0.706. The largest absolute Gasteiger partial charge is 0.481 e. The monoisotopic (exact) mass is 450 g/mol. The molecular formula is C17H30N4O8S. The maximum absolute atomic E-state index is 12.5. The van der Waals surface area contributed by atoms with Gasteiger partial charge in [-0.1, -0.05) is 13.8 Å². The Hall–Kier alpha value is -2.38. The lowest BCUT2D eigenvalue weighted by Crippen LogP contribution is -2.59. The summed E-state index contributed by atoms with van der Waals surface area (Å²) in [5, 5.41) is 34.2. The minimum atomic E-state index is -1.58. The molecule has 5 unspecified atom stereocenters. The highest BCUT2D eigenvalue weighted by Crippen LogP contribution is 2.06. The highest BCUT2D eigenvalue weighted by Gasteiger charge is 2.31. The molecule has 0 aromatic carbocycles. The number of carbonyl (C=O) groups is 5. The van der Waals surface area contributed by atoms with Gasteiger partial charge in [0.2, 0.25) is 17.7 Å². The van der Waals surface area contributed by atoms with Crippen LogP contribution in [0.15, 0.2) is 0 Å². The lowest BCUT2D eigenvalue weighted by molar-refractivity contribution is -0.143. The van der Waals surface area contributed by atoms with E-state index in [0.29, 0.717) is 0 Å². The Morgan fingerprint density at radius 2 is 1.33 bits per heavy atom. The molecule has 0 aliphatic carbocycles. The zero-order valence-corrected chi connectivity index (χ0v) is 17.9. The Bertz CT molecular complexity index is 643. The zero-order chi connectivity index (χ0) is 23.6. The molecule has 0 saturated heterocycles. The predicted octanol–water partition coefficient (Wildman–Crippen LogP) is -2.32. The average molecular weight is 451 g/mol. The Labute approximate surface area is 179 Å². The van der Waals surface area contributed by atoms with Crippen LogP contribution in [0.3, 0.4) is 0 Å². The fourth-order valence-electron chi connectivity index (χ4n) is 2.30. The van der Waals surface area contributed by atoms with Crippen LogP contribution in [0.1, 0.15) is 33.6 Å². The molecule has 0 rings (SSSR count). The quantitative estimate of drug-likeness (QED) is 0.141. The first-order valence-electron chi connectivity index (χ1n) is 9.20. The van der Waals surface area contributed by atoms with Crippen molar-refractivity contribution < 1.29 is 39.3 Å². The number of nitrogens with one attached hydrogen (secondary N) is 3. The number of rotatable bonds is 13. The van der Waals surface area contributed by atoms with Gasteiger partial charge in [0, 0.05) is 5.75 Å². The average Bonchev–Trinajstić information content (AvgIpc) is 2.62. The molecule has 30 heavy (non-hydrogen) atoms. The Morgan fingerprint density at radius 1 is 0.867 bits per heavy atom. The third-order valence-corrected chi connectivity index (χ3v) is 4.34. The Morgan fingerprint density at radius 3 is 1.73 bits per heavy atom. The van der Waals surface area contributed by atoms with Crippen LogP contribution in [0, 0.1) is 5.92 Å². The summed E-state index contributed by atoms with van der Waals surface area (Å²) < 4.78 is 0. The van der Waals surface area contributed by atoms with Gasteiger partial charge in [0.15, 0.2) is 0 Å². The molecule has 0 aromatic rings. The summed E-state index contributed by atoms with van der Waals surface area (Å²) in [6.45, 7) is 4.79. The van der Waals surface area contributed by atoms with E-state index in [0.717, 1.165) is 0 Å².